The van der Waals surface area contributed by atoms with Crippen LogP contribution in [-0.2, 0) is 0 Å². The summed E-state index contributed by atoms with van der Waals surface area (Å²) in [5, 5.41) is 11.5. The molecule has 1 unspecified atom stereocenters. The highest BCUT2D eigenvalue weighted by atomic mass is 16.1. The first-order valence-corrected chi connectivity index (χ1v) is 7.99. The third kappa shape index (κ3) is 3.05. The molecule has 0 aromatic carbocycles. The normalized spacial score (nSPS) is 12.1. The van der Waals surface area contributed by atoms with Crippen molar-refractivity contribution in [2.75, 3.05) is 11.9 Å². The summed E-state index contributed by atoms with van der Waals surface area (Å²) in [6, 6.07) is 8.93. The number of hydrogen-bond acceptors (Lipinski definition) is 5. The van der Waals surface area contributed by atoms with E-state index >= 15 is 0 Å². The molecule has 1 atom stereocenters. The molecule has 24 heavy (non-hydrogen) atoms. The fraction of sp³-hybridized carbons (Fsp3) is 0.294. The largest absolute Gasteiger partial charge is 0.370 e. The zero-order valence-electron chi connectivity index (χ0n) is 13.8. The summed E-state index contributed by atoms with van der Waals surface area (Å²) < 4.78 is 3.35. The fourth-order valence-electron chi connectivity index (χ4n) is 2.58. The zero-order chi connectivity index (χ0) is 16.9. The van der Waals surface area contributed by atoms with Crippen LogP contribution in [0.2, 0.25) is 0 Å². The highest BCUT2D eigenvalue weighted by molar-refractivity contribution is 5.72. The van der Waals surface area contributed by atoms with Crippen molar-refractivity contribution in [3.63, 3.8) is 0 Å². The summed E-state index contributed by atoms with van der Waals surface area (Å²) in [6.07, 6.45) is 5.90. The van der Waals surface area contributed by atoms with Gasteiger partial charge in [0.2, 0.25) is 0 Å². The summed E-state index contributed by atoms with van der Waals surface area (Å²) in [7, 11) is 0. The number of rotatable bonds is 6. The molecule has 0 aliphatic heterocycles. The summed E-state index contributed by atoms with van der Waals surface area (Å²) in [4.78, 5) is 16.5. The molecule has 0 bridgehead atoms. The fourth-order valence-corrected chi connectivity index (χ4v) is 2.58. The van der Waals surface area contributed by atoms with Crippen LogP contribution >= 0.6 is 0 Å². The maximum atomic E-state index is 12.1. The lowest BCUT2D eigenvalue weighted by Gasteiger charge is -2.18. The molecule has 3 heterocycles. The van der Waals surface area contributed by atoms with Gasteiger partial charge in [-0.2, -0.15) is 0 Å². The Labute approximate surface area is 140 Å². The van der Waals surface area contributed by atoms with E-state index < -0.39 is 0 Å². The lowest BCUT2D eigenvalue weighted by atomic mass is 10.2. The first-order valence-electron chi connectivity index (χ1n) is 7.99. The number of pyridine rings is 2. The first kappa shape index (κ1) is 15.9. The van der Waals surface area contributed by atoms with Crippen molar-refractivity contribution in [1.29, 1.82) is 0 Å². The van der Waals surface area contributed by atoms with Crippen molar-refractivity contribution in [2.24, 2.45) is 0 Å². The smallest absolute Gasteiger partial charge is 0.252 e. The number of hydrogen-bond donors (Lipinski definition) is 1. The third-order valence-electron chi connectivity index (χ3n) is 3.81. The number of anilines is 1. The predicted octanol–water partition coefficient (Wildman–Crippen LogP) is 2.39. The second-order valence-electron chi connectivity index (χ2n) is 5.47. The molecule has 3 rings (SSSR count). The topological polar surface area (TPSA) is 77.6 Å². The highest BCUT2D eigenvalue weighted by Gasteiger charge is 2.17. The maximum Gasteiger partial charge on any atom is 0.252 e. The number of aromatic nitrogens is 5. The summed E-state index contributed by atoms with van der Waals surface area (Å²) in [6.45, 7) is 4.85. The minimum Gasteiger partial charge on any atom is -0.370 e. The molecule has 0 aliphatic carbocycles. The number of nitrogens with zero attached hydrogens (tertiary/aromatic N) is 5. The van der Waals surface area contributed by atoms with Crippen LogP contribution in [0.1, 0.15) is 26.4 Å². The molecular weight excluding hydrogens is 304 g/mol. The predicted molar refractivity (Wildman–Crippen MR) is 92.8 cm³/mol. The minimum atomic E-state index is -0.296. The Kier molecular flexibility index (Phi) is 4.69. The molecule has 3 aromatic heterocycles. The van der Waals surface area contributed by atoms with E-state index in [1.54, 1.807) is 33.9 Å². The summed E-state index contributed by atoms with van der Waals surface area (Å²) >= 11 is 0. The molecule has 7 nitrogen and oxygen atoms in total. The molecule has 0 aliphatic rings. The van der Waals surface area contributed by atoms with Crippen molar-refractivity contribution < 1.29 is 0 Å². The van der Waals surface area contributed by atoms with Gasteiger partial charge in [0.15, 0.2) is 0 Å². The molecule has 3 aromatic rings. The van der Waals surface area contributed by atoms with Gasteiger partial charge in [0.05, 0.1) is 11.9 Å². The van der Waals surface area contributed by atoms with Crippen molar-refractivity contribution in [3.05, 3.63) is 59.3 Å². The van der Waals surface area contributed by atoms with Crippen LogP contribution in [0.15, 0.2) is 53.7 Å². The molecule has 0 radical (unpaired) electrons. The van der Waals surface area contributed by atoms with Crippen molar-refractivity contribution >= 4 is 5.82 Å². The zero-order valence-corrected chi connectivity index (χ0v) is 13.8. The van der Waals surface area contributed by atoms with Gasteiger partial charge in [-0.15, -0.1) is 5.10 Å². The number of nitrogens with one attached hydrogen (secondary N) is 1. The molecule has 7 heteroatoms. The SMILES string of the molecule is CCCNc1ncccc1-c1cnnn1C(C)n1ccccc1=O. The van der Waals surface area contributed by atoms with Gasteiger partial charge in [0.25, 0.3) is 5.56 Å². The standard InChI is InChI=1S/C17H20N6O/c1-3-9-18-17-14(7-6-10-19-17)15-12-20-21-23(15)13(2)22-11-5-4-8-16(22)24/h4-8,10-13H,3,9H2,1-2H3,(H,18,19). The molecule has 0 saturated heterocycles. The van der Waals surface area contributed by atoms with Gasteiger partial charge < -0.3 is 5.32 Å². The average molecular weight is 324 g/mol. The monoisotopic (exact) mass is 324 g/mol. The van der Waals surface area contributed by atoms with E-state index in [0.29, 0.717) is 0 Å². The van der Waals surface area contributed by atoms with E-state index in [1.807, 2.05) is 25.1 Å². The summed E-state index contributed by atoms with van der Waals surface area (Å²) in [5.41, 5.74) is 1.64. The van der Waals surface area contributed by atoms with Crippen molar-refractivity contribution in [3.8, 4) is 11.3 Å². The van der Waals surface area contributed by atoms with Crippen molar-refractivity contribution in [1.82, 2.24) is 24.5 Å². The lowest BCUT2D eigenvalue weighted by Crippen LogP contribution is -2.27. The van der Waals surface area contributed by atoms with E-state index in [4.69, 9.17) is 0 Å². The quantitative estimate of drug-likeness (QED) is 0.753. The van der Waals surface area contributed by atoms with Gasteiger partial charge >= 0.3 is 0 Å². The highest BCUT2D eigenvalue weighted by Crippen LogP contribution is 2.27. The van der Waals surface area contributed by atoms with Crippen LogP contribution in [0.5, 0.6) is 0 Å². The van der Waals surface area contributed by atoms with Crippen LogP contribution in [0, 0.1) is 0 Å². The Morgan fingerprint density at radius 3 is 2.92 bits per heavy atom. The molecular formula is C17H20N6O. The van der Waals surface area contributed by atoms with E-state index in [0.717, 1.165) is 30.0 Å². The molecule has 0 fully saturated rings. The van der Waals surface area contributed by atoms with Gasteiger partial charge in [-0.05, 0) is 31.5 Å². The van der Waals surface area contributed by atoms with Crippen LogP contribution in [0.4, 0.5) is 5.82 Å². The Morgan fingerprint density at radius 2 is 2.12 bits per heavy atom. The Morgan fingerprint density at radius 1 is 1.25 bits per heavy atom. The second kappa shape index (κ2) is 7.08. The minimum absolute atomic E-state index is 0.0815. The molecule has 0 saturated carbocycles. The summed E-state index contributed by atoms with van der Waals surface area (Å²) in [5.74, 6) is 0.788. The van der Waals surface area contributed by atoms with Gasteiger partial charge in [-0.3, -0.25) is 9.36 Å². The first-order chi connectivity index (χ1) is 11.7. The van der Waals surface area contributed by atoms with Gasteiger partial charge in [-0.25, -0.2) is 9.67 Å². The van der Waals surface area contributed by atoms with E-state index in [2.05, 4.69) is 27.5 Å². The van der Waals surface area contributed by atoms with E-state index in [9.17, 15) is 4.79 Å². The maximum absolute atomic E-state index is 12.1. The van der Waals surface area contributed by atoms with E-state index in [-0.39, 0.29) is 11.7 Å². The molecule has 1 N–H and O–H groups in total. The third-order valence-corrected chi connectivity index (χ3v) is 3.81. The average Bonchev–Trinajstić information content (AvgIpc) is 3.09. The van der Waals surface area contributed by atoms with Gasteiger partial charge in [-0.1, -0.05) is 18.2 Å². The molecule has 0 spiro atoms. The van der Waals surface area contributed by atoms with Gasteiger partial charge in [0, 0.05) is 30.6 Å². The van der Waals surface area contributed by atoms with Crippen LogP contribution in [0.25, 0.3) is 11.3 Å². The van der Waals surface area contributed by atoms with Crippen LogP contribution in [-0.4, -0.2) is 31.1 Å². The van der Waals surface area contributed by atoms with Crippen LogP contribution in [0.3, 0.4) is 0 Å². The van der Waals surface area contributed by atoms with Gasteiger partial charge in [0.1, 0.15) is 12.0 Å². The lowest BCUT2D eigenvalue weighted by molar-refractivity contribution is 0.409. The second-order valence-corrected chi connectivity index (χ2v) is 5.47. The molecule has 0 amide bonds. The molecule has 124 valence electrons. The Hall–Kier alpha value is -2.96. The Bertz CT molecular complexity index is 869. The van der Waals surface area contributed by atoms with Crippen molar-refractivity contribution in [2.45, 2.75) is 26.4 Å². The van der Waals surface area contributed by atoms with E-state index in [1.165, 1.54) is 6.07 Å². The van der Waals surface area contributed by atoms with Crippen LogP contribution < -0.4 is 10.9 Å². The Balaban J connectivity index is 2.03.